The van der Waals surface area contributed by atoms with Gasteiger partial charge in [-0.25, -0.2) is 4.79 Å². The number of hydrogen-bond donors (Lipinski definition) is 0. The van der Waals surface area contributed by atoms with Gasteiger partial charge in [0.15, 0.2) is 0 Å². The van der Waals surface area contributed by atoms with Crippen LogP contribution in [0.1, 0.15) is 20.3 Å². The molecule has 6 heteroatoms. The minimum Gasteiger partial charge on any atom is -0.382 e. The molecule has 0 spiro atoms. The van der Waals surface area contributed by atoms with Crippen molar-refractivity contribution in [3.05, 3.63) is 30.6 Å². The molecule has 0 aliphatic carbocycles. The molecule has 0 aliphatic heterocycles. The Labute approximate surface area is 114 Å². The van der Waals surface area contributed by atoms with E-state index in [0.717, 1.165) is 0 Å². The summed E-state index contributed by atoms with van der Waals surface area (Å²) in [6.45, 7) is 6.00. The number of rotatable bonds is 6. The van der Waals surface area contributed by atoms with Gasteiger partial charge < -0.3 is 4.74 Å². The first-order chi connectivity index (χ1) is 8.11. The maximum Gasteiger partial charge on any atom is 0.331 e. The maximum absolute atomic E-state index is 11.9. The highest BCUT2D eigenvalue weighted by molar-refractivity contribution is 14.1. The Morgan fingerprint density at radius 3 is 2.65 bits per heavy atom. The van der Waals surface area contributed by atoms with E-state index in [1.54, 1.807) is 10.8 Å². The van der Waals surface area contributed by atoms with Gasteiger partial charge in [0, 0.05) is 32.5 Å². The number of aromatic nitrogens is 2. The number of halogens is 1. The second kappa shape index (κ2) is 6.95. The van der Waals surface area contributed by atoms with Gasteiger partial charge in [-0.3, -0.25) is 13.9 Å². The van der Waals surface area contributed by atoms with E-state index in [9.17, 15) is 9.59 Å². The van der Waals surface area contributed by atoms with E-state index in [-0.39, 0.29) is 11.2 Å². The molecule has 96 valence electrons. The van der Waals surface area contributed by atoms with Crippen molar-refractivity contribution in [2.75, 3.05) is 13.2 Å². The third kappa shape index (κ3) is 3.67. The highest BCUT2D eigenvalue weighted by Gasteiger charge is 2.08. The maximum atomic E-state index is 11.9. The first kappa shape index (κ1) is 14.4. The monoisotopic (exact) mass is 352 g/mol. The zero-order chi connectivity index (χ0) is 12.8. The molecule has 0 bridgehead atoms. The molecule has 0 fully saturated rings. The Morgan fingerprint density at radius 2 is 2.06 bits per heavy atom. The minimum atomic E-state index is -0.241. The van der Waals surface area contributed by atoms with Crippen LogP contribution in [0.4, 0.5) is 0 Å². The first-order valence-electron chi connectivity index (χ1n) is 5.69. The molecule has 0 aliphatic rings. The van der Waals surface area contributed by atoms with Crippen molar-refractivity contribution in [3.8, 4) is 0 Å². The summed E-state index contributed by atoms with van der Waals surface area (Å²) >= 11 is 1.96. The summed E-state index contributed by atoms with van der Waals surface area (Å²) in [5.41, 5.74) is -0.453. The largest absolute Gasteiger partial charge is 0.382 e. The van der Waals surface area contributed by atoms with E-state index >= 15 is 0 Å². The molecule has 0 saturated heterocycles. The van der Waals surface area contributed by atoms with E-state index in [0.29, 0.717) is 36.3 Å². The Hall–Kier alpha value is -0.630. The van der Waals surface area contributed by atoms with Crippen molar-refractivity contribution in [2.45, 2.75) is 33.4 Å². The van der Waals surface area contributed by atoms with Gasteiger partial charge in [-0.05, 0) is 42.9 Å². The second-order valence-corrected chi connectivity index (χ2v) is 4.72. The lowest BCUT2D eigenvalue weighted by atomic mass is 10.4. The van der Waals surface area contributed by atoms with Crippen LogP contribution in [0.15, 0.2) is 15.8 Å². The Morgan fingerprint density at radius 1 is 1.35 bits per heavy atom. The molecule has 1 heterocycles. The lowest BCUT2D eigenvalue weighted by Crippen LogP contribution is -2.40. The molecular formula is C11H17IN2O3. The van der Waals surface area contributed by atoms with Crippen molar-refractivity contribution >= 4 is 22.6 Å². The van der Waals surface area contributed by atoms with Crippen LogP contribution in [-0.4, -0.2) is 22.3 Å². The lowest BCUT2D eigenvalue weighted by Gasteiger charge is -2.09. The predicted molar refractivity (Wildman–Crippen MR) is 74.5 cm³/mol. The second-order valence-electron chi connectivity index (χ2n) is 3.55. The van der Waals surface area contributed by atoms with Gasteiger partial charge in [-0.15, -0.1) is 0 Å². The molecule has 0 N–H and O–H groups in total. The molecule has 1 rings (SSSR count). The Bertz CT molecular complexity index is 479. The average molecular weight is 352 g/mol. The molecule has 0 radical (unpaired) electrons. The molecule has 5 nitrogen and oxygen atoms in total. The van der Waals surface area contributed by atoms with Gasteiger partial charge in [-0.1, -0.05) is 0 Å². The molecule has 0 amide bonds. The van der Waals surface area contributed by atoms with Gasteiger partial charge in [0.1, 0.15) is 0 Å². The van der Waals surface area contributed by atoms with Crippen LogP contribution in [0.2, 0.25) is 0 Å². The zero-order valence-electron chi connectivity index (χ0n) is 10.1. The minimum absolute atomic E-state index is 0.211. The number of hydrogen-bond acceptors (Lipinski definition) is 3. The summed E-state index contributed by atoms with van der Waals surface area (Å²) in [7, 11) is 0. The molecule has 1 aromatic rings. The van der Waals surface area contributed by atoms with Gasteiger partial charge in [0.25, 0.3) is 5.56 Å². The summed E-state index contributed by atoms with van der Waals surface area (Å²) in [5.74, 6) is 0. The molecule has 0 saturated carbocycles. The molecule has 0 unspecified atom stereocenters. The standard InChI is InChI=1S/C11H17IN2O3/c1-3-13-8-9(12)10(15)14(11(13)16)6-5-7-17-4-2/h8H,3-7H2,1-2H3. The van der Waals surface area contributed by atoms with E-state index < -0.39 is 0 Å². The van der Waals surface area contributed by atoms with Crippen LogP contribution in [0.5, 0.6) is 0 Å². The van der Waals surface area contributed by atoms with Crippen LogP contribution in [0.25, 0.3) is 0 Å². The molecule has 0 atom stereocenters. The Kier molecular flexibility index (Phi) is 5.90. The topological polar surface area (TPSA) is 53.2 Å². The summed E-state index contributed by atoms with van der Waals surface area (Å²) in [4.78, 5) is 23.7. The van der Waals surface area contributed by atoms with Crippen molar-refractivity contribution < 1.29 is 4.74 Å². The average Bonchev–Trinajstić information content (AvgIpc) is 2.33. The van der Waals surface area contributed by atoms with Gasteiger partial charge in [0.05, 0.1) is 3.57 Å². The SMILES string of the molecule is CCOCCCn1c(=O)c(I)cn(CC)c1=O. The van der Waals surface area contributed by atoms with Gasteiger partial charge in [-0.2, -0.15) is 0 Å². The molecule has 1 aromatic heterocycles. The number of aryl methyl sites for hydroxylation is 1. The quantitative estimate of drug-likeness (QED) is 0.568. The van der Waals surface area contributed by atoms with Crippen molar-refractivity contribution in [1.29, 1.82) is 0 Å². The van der Waals surface area contributed by atoms with Crippen molar-refractivity contribution in [2.24, 2.45) is 0 Å². The highest BCUT2D eigenvalue weighted by atomic mass is 127. The van der Waals surface area contributed by atoms with Crippen LogP contribution in [-0.2, 0) is 17.8 Å². The summed E-state index contributed by atoms with van der Waals surface area (Å²) < 4.78 is 8.59. The summed E-state index contributed by atoms with van der Waals surface area (Å²) in [5, 5.41) is 0. The number of ether oxygens (including phenoxy) is 1. The molecule has 0 aromatic carbocycles. The summed E-state index contributed by atoms with van der Waals surface area (Å²) in [6, 6.07) is 0. The zero-order valence-corrected chi connectivity index (χ0v) is 12.3. The van der Waals surface area contributed by atoms with E-state index in [1.807, 2.05) is 36.4 Å². The fourth-order valence-corrected chi connectivity index (χ4v) is 2.14. The Balaban J connectivity index is 2.94. The normalized spacial score (nSPS) is 10.8. The summed E-state index contributed by atoms with van der Waals surface area (Å²) in [6.07, 6.45) is 2.27. The first-order valence-corrected chi connectivity index (χ1v) is 6.77. The van der Waals surface area contributed by atoms with Crippen molar-refractivity contribution in [3.63, 3.8) is 0 Å². The van der Waals surface area contributed by atoms with Crippen molar-refractivity contribution in [1.82, 2.24) is 9.13 Å². The third-order valence-electron chi connectivity index (χ3n) is 2.41. The van der Waals surface area contributed by atoms with Gasteiger partial charge >= 0.3 is 5.69 Å². The smallest absolute Gasteiger partial charge is 0.331 e. The van der Waals surface area contributed by atoms with Crippen LogP contribution in [0.3, 0.4) is 0 Å². The lowest BCUT2D eigenvalue weighted by molar-refractivity contribution is 0.141. The van der Waals surface area contributed by atoms with Crippen LogP contribution < -0.4 is 11.2 Å². The molecular weight excluding hydrogens is 335 g/mol. The van der Waals surface area contributed by atoms with E-state index in [4.69, 9.17) is 4.74 Å². The highest BCUT2D eigenvalue weighted by Crippen LogP contribution is 1.95. The predicted octanol–water partition coefficient (Wildman–Crippen LogP) is 1.06. The van der Waals surface area contributed by atoms with E-state index in [2.05, 4.69) is 0 Å². The van der Waals surface area contributed by atoms with Crippen LogP contribution in [0, 0.1) is 3.57 Å². The fourth-order valence-electron chi connectivity index (χ4n) is 1.51. The van der Waals surface area contributed by atoms with Crippen LogP contribution >= 0.6 is 22.6 Å². The van der Waals surface area contributed by atoms with E-state index in [1.165, 1.54) is 4.57 Å². The molecule has 17 heavy (non-hydrogen) atoms. The fraction of sp³-hybridized carbons (Fsp3) is 0.636. The third-order valence-corrected chi connectivity index (χ3v) is 3.15. The van der Waals surface area contributed by atoms with Gasteiger partial charge in [0.2, 0.25) is 0 Å². The number of nitrogens with zero attached hydrogens (tertiary/aromatic N) is 2.